The fraction of sp³-hybridized carbons (Fsp3) is 0.318. The van der Waals surface area contributed by atoms with Gasteiger partial charge in [0.05, 0.1) is 6.54 Å². The third kappa shape index (κ3) is 3.24. The van der Waals surface area contributed by atoms with E-state index in [1.807, 2.05) is 4.90 Å². The van der Waals surface area contributed by atoms with Crippen molar-refractivity contribution in [2.75, 3.05) is 19.6 Å². The molecule has 0 atom stereocenters. The lowest BCUT2D eigenvalue weighted by Gasteiger charge is -2.29. The van der Waals surface area contributed by atoms with E-state index in [4.69, 9.17) is 5.11 Å². The maximum absolute atomic E-state index is 11.0. The second-order valence-electron chi connectivity index (χ2n) is 6.96. The van der Waals surface area contributed by atoms with Gasteiger partial charge in [-0.2, -0.15) is 0 Å². The van der Waals surface area contributed by atoms with Gasteiger partial charge in [0.1, 0.15) is 0 Å². The molecule has 0 radical (unpaired) electrons. The zero-order valence-corrected chi connectivity index (χ0v) is 14.4. The molecule has 4 rings (SSSR count). The summed E-state index contributed by atoms with van der Waals surface area (Å²) in [5.41, 5.74) is 8.47. The van der Waals surface area contributed by atoms with E-state index in [9.17, 15) is 4.79 Å². The molecule has 2 aliphatic rings. The first-order valence-electron chi connectivity index (χ1n) is 9.05. The number of carboxylic acid groups (broad SMARTS) is 1. The fourth-order valence-electron chi connectivity index (χ4n) is 4.18. The molecule has 2 aromatic rings. The number of fused-ring (bicyclic) bond motifs is 2. The van der Waals surface area contributed by atoms with E-state index in [2.05, 4.69) is 48.5 Å². The molecule has 1 aliphatic carbocycles. The molecule has 0 bridgehead atoms. The number of hydrogen-bond donors (Lipinski definition) is 1. The van der Waals surface area contributed by atoms with E-state index >= 15 is 0 Å². The summed E-state index contributed by atoms with van der Waals surface area (Å²) in [5.74, 6) is -0.735. The quantitative estimate of drug-likeness (QED) is 0.909. The second kappa shape index (κ2) is 6.85. The molecule has 128 valence electrons. The number of likely N-dealkylation sites (tertiary alicyclic amines) is 1. The van der Waals surface area contributed by atoms with Crippen molar-refractivity contribution < 1.29 is 9.90 Å². The van der Waals surface area contributed by atoms with Crippen molar-refractivity contribution in [3.63, 3.8) is 0 Å². The van der Waals surface area contributed by atoms with E-state index in [0.717, 1.165) is 38.8 Å². The molecule has 1 fully saturated rings. The summed E-state index contributed by atoms with van der Waals surface area (Å²) < 4.78 is 0. The van der Waals surface area contributed by atoms with Crippen LogP contribution >= 0.6 is 0 Å². The Morgan fingerprint density at radius 2 is 1.36 bits per heavy atom. The molecule has 1 saturated heterocycles. The normalized spacial score (nSPS) is 17.6. The van der Waals surface area contributed by atoms with Crippen molar-refractivity contribution in [2.45, 2.75) is 25.7 Å². The topological polar surface area (TPSA) is 40.5 Å². The summed E-state index contributed by atoms with van der Waals surface area (Å²) in [6.45, 7) is 1.81. The Morgan fingerprint density at radius 3 is 1.88 bits per heavy atom. The minimum atomic E-state index is -0.735. The Bertz CT molecular complexity index is 778. The van der Waals surface area contributed by atoms with E-state index < -0.39 is 5.97 Å². The molecule has 0 amide bonds. The second-order valence-corrected chi connectivity index (χ2v) is 6.96. The van der Waals surface area contributed by atoms with Crippen LogP contribution < -0.4 is 0 Å². The zero-order chi connectivity index (χ0) is 17.2. The Kier molecular flexibility index (Phi) is 4.41. The van der Waals surface area contributed by atoms with Gasteiger partial charge in [0, 0.05) is 13.1 Å². The number of carbonyl (C=O) groups is 1. The van der Waals surface area contributed by atoms with Crippen LogP contribution in [-0.4, -0.2) is 35.6 Å². The molecule has 1 heterocycles. The smallest absolute Gasteiger partial charge is 0.317 e. The van der Waals surface area contributed by atoms with Gasteiger partial charge in [-0.05, 0) is 53.5 Å². The fourth-order valence-corrected chi connectivity index (χ4v) is 4.18. The van der Waals surface area contributed by atoms with Crippen LogP contribution in [0.3, 0.4) is 0 Å². The van der Waals surface area contributed by atoms with Gasteiger partial charge in [-0.25, -0.2) is 0 Å². The predicted molar refractivity (Wildman–Crippen MR) is 99.6 cm³/mol. The van der Waals surface area contributed by atoms with Crippen LogP contribution in [0.25, 0.3) is 5.57 Å². The van der Waals surface area contributed by atoms with Gasteiger partial charge in [0.15, 0.2) is 0 Å². The van der Waals surface area contributed by atoms with E-state index in [0.29, 0.717) is 0 Å². The zero-order valence-electron chi connectivity index (χ0n) is 14.4. The lowest BCUT2D eigenvalue weighted by molar-refractivity contribution is -0.138. The number of benzene rings is 2. The molecule has 1 N–H and O–H groups in total. The average molecular weight is 333 g/mol. The number of carboxylic acids is 1. The SMILES string of the molecule is O=C(O)CN1CCC(=C2c3ccccc3CCc3ccccc32)CC1. The lowest BCUT2D eigenvalue weighted by atomic mass is 9.86. The number of piperidine rings is 1. The largest absolute Gasteiger partial charge is 0.480 e. The Balaban J connectivity index is 1.77. The highest BCUT2D eigenvalue weighted by Gasteiger charge is 2.24. The van der Waals surface area contributed by atoms with Crippen molar-refractivity contribution in [1.82, 2.24) is 4.90 Å². The van der Waals surface area contributed by atoms with Crippen molar-refractivity contribution >= 4 is 11.5 Å². The van der Waals surface area contributed by atoms with Gasteiger partial charge in [0.2, 0.25) is 0 Å². The minimum Gasteiger partial charge on any atom is -0.480 e. The third-order valence-electron chi connectivity index (χ3n) is 5.41. The number of hydrogen-bond acceptors (Lipinski definition) is 2. The van der Waals surface area contributed by atoms with Crippen molar-refractivity contribution in [3.05, 3.63) is 76.4 Å². The van der Waals surface area contributed by atoms with Gasteiger partial charge < -0.3 is 5.11 Å². The highest BCUT2D eigenvalue weighted by atomic mass is 16.4. The van der Waals surface area contributed by atoms with Gasteiger partial charge in [0.25, 0.3) is 0 Å². The standard InChI is InChI=1S/C22H23NO2/c24-21(25)15-23-13-11-18(12-14-23)22-19-7-3-1-5-16(19)9-10-17-6-2-4-8-20(17)22/h1-8H,9-15H2,(H,24,25). The first-order valence-corrected chi connectivity index (χ1v) is 9.05. The van der Waals surface area contributed by atoms with E-state index in [-0.39, 0.29) is 6.54 Å². The highest BCUT2D eigenvalue weighted by molar-refractivity contribution is 5.86. The van der Waals surface area contributed by atoms with Crippen molar-refractivity contribution in [1.29, 1.82) is 0 Å². The number of aliphatic carboxylic acids is 1. The van der Waals surface area contributed by atoms with Crippen molar-refractivity contribution in [2.24, 2.45) is 0 Å². The molecule has 0 unspecified atom stereocenters. The van der Waals surface area contributed by atoms with Crippen LogP contribution in [-0.2, 0) is 17.6 Å². The van der Waals surface area contributed by atoms with Gasteiger partial charge >= 0.3 is 5.97 Å². The molecule has 3 heteroatoms. The molecule has 25 heavy (non-hydrogen) atoms. The van der Waals surface area contributed by atoms with Gasteiger partial charge in [-0.15, -0.1) is 0 Å². The summed E-state index contributed by atoms with van der Waals surface area (Å²) in [6.07, 6.45) is 4.06. The number of rotatable bonds is 2. The van der Waals surface area contributed by atoms with E-state index in [1.165, 1.54) is 33.4 Å². The lowest BCUT2D eigenvalue weighted by Crippen LogP contribution is -2.35. The van der Waals surface area contributed by atoms with Crippen LogP contribution in [0.4, 0.5) is 0 Å². The molecule has 1 aliphatic heterocycles. The predicted octanol–water partition coefficient (Wildman–Crippen LogP) is 3.77. The molecule has 2 aromatic carbocycles. The number of nitrogens with zero attached hydrogens (tertiary/aromatic N) is 1. The summed E-state index contributed by atoms with van der Waals surface area (Å²) in [7, 11) is 0. The first-order chi connectivity index (χ1) is 12.2. The van der Waals surface area contributed by atoms with Crippen LogP contribution in [0, 0.1) is 0 Å². The summed E-state index contributed by atoms with van der Waals surface area (Å²) in [6, 6.07) is 17.5. The Labute approximate surface area is 148 Å². The molecule has 0 aromatic heterocycles. The summed E-state index contributed by atoms with van der Waals surface area (Å²) >= 11 is 0. The Hall–Kier alpha value is -2.39. The van der Waals surface area contributed by atoms with Crippen molar-refractivity contribution in [3.8, 4) is 0 Å². The van der Waals surface area contributed by atoms with Crippen LogP contribution in [0.15, 0.2) is 54.1 Å². The molecule has 0 saturated carbocycles. The average Bonchev–Trinajstić information content (AvgIpc) is 2.79. The van der Waals surface area contributed by atoms with Crippen LogP contribution in [0.5, 0.6) is 0 Å². The molecule has 3 nitrogen and oxygen atoms in total. The van der Waals surface area contributed by atoms with E-state index in [1.54, 1.807) is 0 Å². The molecule has 0 spiro atoms. The monoisotopic (exact) mass is 333 g/mol. The first kappa shape index (κ1) is 16.1. The summed E-state index contributed by atoms with van der Waals surface area (Å²) in [4.78, 5) is 13.0. The van der Waals surface area contributed by atoms with Gasteiger partial charge in [-0.1, -0.05) is 54.1 Å². The third-order valence-corrected chi connectivity index (χ3v) is 5.41. The van der Waals surface area contributed by atoms with Crippen LogP contribution in [0.2, 0.25) is 0 Å². The Morgan fingerprint density at radius 1 is 0.840 bits per heavy atom. The maximum atomic E-state index is 11.0. The highest BCUT2D eigenvalue weighted by Crippen LogP contribution is 2.38. The summed E-state index contributed by atoms with van der Waals surface area (Å²) in [5, 5.41) is 9.02. The number of aryl methyl sites for hydroxylation is 2. The van der Waals surface area contributed by atoms with Crippen LogP contribution in [0.1, 0.15) is 35.1 Å². The molecular formula is C22H23NO2. The minimum absolute atomic E-state index is 0.149. The molecular weight excluding hydrogens is 310 g/mol. The van der Waals surface area contributed by atoms with Gasteiger partial charge in [-0.3, -0.25) is 9.69 Å². The maximum Gasteiger partial charge on any atom is 0.317 e.